The summed E-state index contributed by atoms with van der Waals surface area (Å²) < 4.78 is 43.1. The van der Waals surface area contributed by atoms with E-state index in [0.29, 0.717) is 12.0 Å². The van der Waals surface area contributed by atoms with Crippen molar-refractivity contribution in [2.45, 2.75) is 24.6 Å². The van der Waals surface area contributed by atoms with Gasteiger partial charge in [0.05, 0.1) is 18.8 Å². The van der Waals surface area contributed by atoms with E-state index < -0.39 is 11.7 Å². The number of nitrogens with zero attached hydrogens (tertiary/aromatic N) is 1. The predicted molar refractivity (Wildman–Crippen MR) is 77.9 cm³/mol. The van der Waals surface area contributed by atoms with Crippen LogP contribution in [0.25, 0.3) is 0 Å². The molecule has 1 unspecified atom stereocenters. The van der Waals surface area contributed by atoms with E-state index in [0.717, 1.165) is 51.4 Å². The SMILES string of the molecule is FC(F)(F)c1ccc(C2CN[C@H](CN3CCOCC3)C2)cc1. The van der Waals surface area contributed by atoms with Crippen LogP contribution < -0.4 is 5.32 Å². The number of rotatable bonds is 3. The van der Waals surface area contributed by atoms with Crippen molar-refractivity contribution in [3.05, 3.63) is 35.4 Å². The van der Waals surface area contributed by atoms with E-state index in [2.05, 4.69) is 10.2 Å². The summed E-state index contributed by atoms with van der Waals surface area (Å²) in [7, 11) is 0. The van der Waals surface area contributed by atoms with Crippen LogP contribution in [0.1, 0.15) is 23.5 Å². The number of hydrogen-bond donors (Lipinski definition) is 1. The van der Waals surface area contributed by atoms with Gasteiger partial charge in [-0.1, -0.05) is 12.1 Å². The van der Waals surface area contributed by atoms with Gasteiger partial charge >= 0.3 is 6.18 Å². The Morgan fingerprint density at radius 3 is 2.45 bits per heavy atom. The van der Waals surface area contributed by atoms with Gasteiger partial charge in [-0.05, 0) is 30.0 Å². The third kappa shape index (κ3) is 3.80. The molecule has 122 valence electrons. The number of halogens is 3. The lowest BCUT2D eigenvalue weighted by molar-refractivity contribution is -0.137. The largest absolute Gasteiger partial charge is 0.416 e. The lowest BCUT2D eigenvalue weighted by Gasteiger charge is -2.29. The Labute approximate surface area is 128 Å². The molecule has 1 aromatic carbocycles. The molecule has 2 atom stereocenters. The summed E-state index contributed by atoms with van der Waals surface area (Å²) in [5.74, 6) is 0.299. The van der Waals surface area contributed by atoms with Gasteiger partial charge in [0.2, 0.25) is 0 Å². The minimum absolute atomic E-state index is 0.299. The Kier molecular flexibility index (Phi) is 4.70. The fourth-order valence-electron chi connectivity index (χ4n) is 3.25. The molecule has 0 amide bonds. The van der Waals surface area contributed by atoms with Crippen LogP contribution in [0.4, 0.5) is 13.2 Å². The molecule has 0 aliphatic carbocycles. The van der Waals surface area contributed by atoms with Crippen LogP contribution in [0.15, 0.2) is 24.3 Å². The number of alkyl halides is 3. The van der Waals surface area contributed by atoms with Gasteiger partial charge in [-0.3, -0.25) is 4.90 Å². The zero-order valence-electron chi connectivity index (χ0n) is 12.4. The van der Waals surface area contributed by atoms with Gasteiger partial charge in [-0.15, -0.1) is 0 Å². The van der Waals surface area contributed by atoms with Gasteiger partial charge < -0.3 is 10.1 Å². The van der Waals surface area contributed by atoms with E-state index >= 15 is 0 Å². The molecule has 6 heteroatoms. The molecule has 22 heavy (non-hydrogen) atoms. The first kappa shape index (κ1) is 15.8. The van der Waals surface area contributed by atoms with Gasteiger partial charge in [-0.25, -0.2) is 0 Å². The van der Waals surface area contributed by atoms with Crippen LogP contribution in [0.2, 0.25) is 0 Å². The molecule has 0 saturated carbocycles. The Morgan fingerprint density at radius 2 is 1.82 bits per heavy atom. The quantitative estimate of drug-likeness (QED) is 0.928. The van der Waals surface area contributed by atoms with Crippen LogP contribution >= 0.6 is 0 Å². The predicted octanol–water partition coefficient (Wildman–Crippen LogP) is 2.48. The molecule has 2 aliphatic rings. The molecule has 0 bridgehead atoms. The molecule has 2 saturated heterocycles. The van der Waals surface area contributed by atoms with Crippen molar-refractivity contribution in [1.29, 1.82) is 0 Å². The molecular formula is C16H21F3N2O. The summed E-state index contributed by atoms with van der Waals surface area (Å²) in [4.78, 5) is 2.39. The molecule has 2 fully saturated rings. The molecular weight excluding hydrogens is 293 g/mol. The molecule has 0 radical (unpaired) electrons. The summed E-state index contributed by atoms with van der Waals surface area (Å²) >= 11 is 0. The molecule has 3 rings (SSSR count). The zero-order chi connectivity index (χ0) is 15.6. The molecule has 1 aromatic rings. The van der Waals surface area contributed by atoms with Gasteiger partial charge in [0.1, 0.15) is 0 Å². The third-order valence-electron chi connectivity index (χ3n) is 4.51. The summed E-state index contributed by atoms with van der Waals surface area (Å²) in [6.07, 6.45) is -3.28. The number of ether oxygens (including phenoxy) is 1. The second-order valence-corrected chi connectivity index (χ2v) is 6.07. The lowest BCUT2D eigenvalue weighted by atomic mass is 9.95. The average molecular weight is 314 g/mol. The summed E-state index contributed by atoms with van der Waals surface area (Å²) in [5, 5.41) is 3.49. The fourth-order valence-corrected chi connectivity index (χ4v) is 3.25. The summed E-state index contributed by atoms with van der Waals surface area (Å²) in [6.45, 7) is 5.32. The van der Waals surface area contributed by atoms with Crippen LogP contribution in [0.5, 0.6) is 0 Å². The minimum Gasteiger partial charge on any atom is -0.379 e. The smallest absolute Gasteiger partial charge is 0.379 e. The summed E-state index contributed by atoms with van der Waals surface area (Å²) in [6, 6.07) is 6.01. The standard InChI is InChI=1S/C16H21F3N2O/c17-16(18,19)14-3-1-12(2-4-14)13-9-15(20-10-13)11-21-5-7-22-8-6-21/h1-4,13,15,20H,5-11H2/t13?,15-/m0/s1. The van der Waals surface area contributed by atoms with E-state index in [1.807, 2.05) is 0 Å². The normalized spacial score (nSPS) is 27.2. The highest BCUT2D eigenvalue weighted by molar-refractivity contribution is 5.28. The first-order chi connectivity index (χ1) is 10.5. The fraction of sp³-hybridized carbons (Fsp3) is 0.625. The Bertz CT molecular complexity index is 483. The molecule has 2 aliphatic heterocycles. The molecule has 3 nitrogen and oxygen atoms in total. The second-order valence-electron chi connectivity index (χ2n) is 6.07. The Hall–Kier alpha value is -1.11. The van der Waals surface area contributed by atoms with Gasteiger partial charge in [0.25, 0.3) is 0 Å². The number of nitrogens with one attached hydrogen (secondary N) is 1. The van der Waals surface area contributed by atoms with E-state index in [9.17, 15) is 13.2 Å². The Morgan fingerprint density at radius 1 is 1.14 bits per heavy atom. The van der Waals surface area contributed by atoms with Crippen molar-refractivity contribution in [1.82, 2.24) is 10.2 Å². The van der Waals surface area contributed by atoms with E-state index in [-0.39, 0.29) is 0 Å². The van der Waals surface area contributed by atoms with Gasteiger partial charge in [0, 0.05) is 32.2 Å². The number of hydrogen-bond acceptors (Lipinski definition) is 3. The first-order valence-corrected chi connectivity index (χ1v) is 7.73. The maximum atomic E-state index is 12.6. The third-order valence-corrected chi connectivity index (χ3v) is 4.51. The van der Waals surface area contributed by atoms with Gasteiger partial charge in [-0.2, -0.15) is 13.2 Å². The highest BCUT2D eigenvalue weighted by Crippen LogP contribution is 2.32. The number of morpholine rings is 1. The lowest BCUT2D eigenvalue weighted by Crippen LogP contribution is -2.43. The molecule has 2 heterocycles. The van der Waals surface area contributed by atoms with Crippen molar-refractivity contribution in [2.24, 2.45) is 0 Å². The summed E-state index contributed by atoms with van der Waals surface area (Å²) in [5.41, 5.74) is 0.414. The van der Waals surface area contributed by atoms with Crippen molar-refractivity contribution >= 4 is 0 Å². The average Bonchev–Trinajstić information content (AvgIpc) is 2.96. The number of benzene rings is 1. The molecule has 0 spiro atoms. The highest BCUT2D eigenvalue weighted by atomic mass is 19.4. The first-order valence-electron chi connectivity index (χ1n) is 7.73. The van der Waals surface area contributed by atoms with Crippen molar-refractivity contribution in [3.8, 4) is 0 Å². The molecule has 1 N–H and O–H groups in total. The maximum absolute atomic E-state index is 12.6. The van der Waals surface area contributed by atoms with Crippen molar-refractivity contribution in [2.75, 3.05) is 39.4 Å². The van der Waals surface area contributed by atoms with E-state index in [1.54, 1.807) is 12.1 Å². The monoisotopic (exact) mass is 314 g/mol. The van der Waals surface area contributed by atoms with Crippen LogP contribution in [-0.4, -0.2) is 50.3 Å². The molecule has 0 aromatic heterocycles. The van der Waals surface area contributed by atoms with Crippen LogP contribution in [0.3, 0.4) is 0 Å². The maximum Gasteiger partial charge on any atom is 0.416 e. The van der Waals surface area contributed by atoms with Crippen molar-refractivity contribution in [3.63, 3.8) is 0 Å². The van der Waals surface area contributed by atoms with E-state index in [1.165, 1.54) is 12.1 Å². The zero-order valence-corrected chi connectivity index (χ0v) is 12.4. The Balaban J connectivity index is 1.55. The second kappa shape index (κ2) is 6.56. The van der Waals surface area contributed by atoms with Crippen molar-refractivity contribution < 1.29 is 17.9 Å². The van der Waals surface area contributed by atoms with Crippen LogP contribution in [-0.2, 0) is 10.9 Å². The van der Waals surface area contributed by atoms with E-state index in [4.69, 9.17) is 4.74 Å². The van der Waals surface area contributed by atoms with Crippen LogP contribution in [0, 0.1) is 0 Å². The topological polar surface area (TPSA) is 24.5 Å². The van der Waals surface area contributed by atoms with Gasteiger partial charge in [0.15, 0.2) is 0 Å². The highest BCUT2D eigenvalue weighted by Gasteiger charge is 2.31. The minimum atomic E-state index is -4.26.